The Kier molecular flexibility index (Phi) is 10.3. The van der Waals surface area contributed by atoms with Crippen molar-refractivity contribution in [2.45, 2.75) is 58.0 Å². The number of hydrogen-bond acceptors (Lipinski definition) is 5. The molecule has 0 bridgehead atoms. The normalized spacial score (nSPS) is 11.9. The van der Waals surface area contributed by atoms with Gasteiger partial charge in [-0.25, -0.2) is 8.42 Å². The molecule has 7 nitrogen and oxygen atoms in total. The third-order valence-corrected chi connectivity index (χ3v) is 7.83. The van der Waals surface area contributed by atoms with E-state index in [-0.39, 0.29) is 22.0 Å². The SMILES string of the molecule is CCCCC(C)Oc1ccc(C(=O)NC(=S)Nc2ccc(S(=O)(=O)Nc3cc(C)cc(C)c3)cc2)cc1Br. The van der Waals surface area contributed by atoms with Crippen LogP contribution in [-0.2, 0) is 10.0 Å². The number of rotatable bonds is 10. The van der Waals surface area contributed by atoms with Gasteiger partial charge >= 0.3 is 0 Å². The van der Waals surface area contributed by atoms with Gasteiger partial charge in [0.25, 0.3) is 15.9 Å². The molecule has 3 rings (SSSR count). The molecule has 202 valence electrons. The second-order valence-corrected chi connectivity index (χ2v) is 12.1. The lowest BCUT2D eigenvalue weighted by Gasteiger charge is -2.16. The number of hydrogen-bond donors (Lipinski definition) is 3. The van der Waals surface area contributed by atoms with Crippen LogP contribution in [0.15, 0.2) is 70.0 Å². The topological polar surface area (TPSA) is 96.5 Å². The van der Waals surface area contributed by atoms with Crippen LogP contribution in [0.3, 0.4) is 0 Å². The van der Waals surface area contributed by atoms with Gasteiger partial charge in [-0.2, -0.15) is 0 Å². The molecule has 0 aliphatic carbocycles. The number of sulfonamides is 1. The number of thiocarbonyl (C=S) groups is 1. The van der Waals surface area contributed by atoms with Crippen molar-refractivity contribution in [1.82, 2.24) is 5.32 Å². The number of halogens is 1. The molecule has 0 aromatic heterocycles. The highest BCUT2D eigenvalue weighted by Gasteiger charge is 2.16. The second-order valence-electron chi connectivity index (χ2n) is 9.13. The van der Waals surface area contributed by atoms with Crippen LogP contribution in [0.5, 0.6) is 5.75 Å². The minimum Gasteiger partial charge on any atom is -0.490 e. The molecule has 0 aliphatic heterocycles. The number of unbranched alkanes of at least 4 members (excludes halogenated alkanes) is 1. The van der Waals surface area contributed by atoms with Crippen LogP contribution in [0.4, 0.5) is 11.4 Å². The first-order valence-electron chi connectivity index (χ1n) is 12.3. The van der Waals surface area contributed by atoms with Gasteiger partial charge in [0.2, 0.25) is 0 Å². The molecule has 1 atom stereocenters. The number of carbonyl (C=O) groups excluding carboxylic acids is 1. The summed E-state index contributed by atoms with van der Waals surface area (Å²) in [6.07, 6.45) is 3.23. The zero-order chi connectivity index (χ0) is 27.9. The zero-order valence-electron chi connectivity index (χ0n) is 21.8. The van der Waals surface area contributed by atoms with Gasteiger partial charge < -0.3 is 10.1 Å². The highest BCUT2D eigenvalue weighted by atomic mass is 79.9. The van der Waals surface area contributed by atoms with E-state index >= 15 is 0 Å². The van der Waals surface area contributed by atoms with Crippen LogP contribution in [0, 0.1) is 13.8 Å². The Balaban J connectivity index is 1.58. The van der Waals surface area contributed by atoms with E-state index in [9.17, 15) is 13.2 Å². The van der Waals surface area contributed by atoms with Crippen molar-refractivity contribution in [2.24, 2.45) is 0 Å². The molecule has 3 N–H and O–H groups in total. The Hall–Kier alpha value is -2.95. The van der Waals surface area contributed by atoms with Gasteiger partial charge in [0.15, 0.2) is 5.11 Å². The molecule has 0 aliphatic rings. The largest absolute Gasteiger partial charge is 0.490 e. The van der Waals surface area contributed by atoms with E-state index in [1.807, 2.05) is 26.8 Å². The quantitative estimate of drug-likeness (QED) is 0.213. The molecule has 38 heavy (non-hydrogen) atoms. The van der Waals surface area contributed by atoms with E-state index in [1.54, 1.807) is 42.5 Å². The number of amides is 1. The van der Waals surface area contributed by atoms with Crippen molar-refractivity contribution >= 4 is 60.6 Å². The lowest BCUT2D eigenvalue weighted by Crippen LogP contribution is -2.34. The van der Waals surface area contributed by atoms with Crippen molar-refractivity contribution in [3.05, 3.63) is 81.8 Å². The van der Waals surface area contributed by atoms with E-state index < -0.39 is 10.0 Å². The van der Waals surface area contributed by atoms with Crippen LogP contribution >= 0.6 is 28.1 Å². The van der Waals surface area contributed by atoms with Gasteiger partial charge in [0.05, 0.1) is 15.5 Å². The molecule has 0 fully saturated rings. The average Bonchev–Trinajstić information content (AvgIpc) is 2.83. The summed E-state index contributed by atoms with van der Waals surface area (Å²) in [5.74, 6) is 0.290. The summed E-state index contributed by atoms with van der Waals surface area (Å²) in [6, 6.07) is 16.7. The summed E-state index contributed by atoms with van der Waals surface area (Å²) in [6.45, 7) is 7.98. The summed E-state index contributed by atoms with van der Waals surface area (Å²) in [5.41, 5.74) is 3.38. The van der Waals surface area contributed by atoms with Crippen LogP contribution in [0.1, 0.15) is 54.6 Å². The van der Waals surface area contributed by atoms with Crippen molar-refractivity contribution < 1.29 is 17.9 Å². The van der Waals surface area contributed by atoms with Gasteiger partial charge in [-0.1, -0.05) is 25.8 Å². The molecule has 3 aromatic rings. The van der Waals surface area contributed by atoms with E-state index in [0.717, 1.165) is 30.4 Å². The number of benzene rings is 3. The molecule has 0 spiro atoms. The molecule has 0 heterocycles. The van der Waals surface area contributed by atoms with Gasteiger partial charge in [0, 0.05) is 16.9 Å². The maximum absolute atomic E-state index is 12.8. The summed E-state index contributed by atoms with van der Waals surface area (Å²) in [7, 11) is -3.76. The van der Waals surface area contributed by atoms with Crippen molar-refractivity contribution in [3.8, 4) is 5.75 Å². The number of anilines is 2. The third-order valence-electron chi connectivity index (χ3n) is 5.61. The maximum atomic E-state index is 12.8. The number of ether oxygens (including phenoxy) is 1. The maximum Gasteiger partial charge on any atom is 0.261 e. The molecule has 3 aromatic carbocycles. The van der Waals surface area contributed by atoms with Crippen molar-refractivity contribution in [2.75, 3.05) is 10.0 Å². The van der Waals surface area contributed by atoms with E-state index in [2.05, 4.69) is 38.2 Å². The van der Waals surface area contributed by atoms with Crippen molar-refractivity contribution in [1.29, 1.82) is 0 Å². The van der Waals surface area contributed by atoms with E-state index in [0.29, 0.717) is 27.2 Å². The lowest BCUT2D eigenvalue weighted by molar-refractivity contribution is 0.0977. The Morgan fingerprint density at radius 1 is 1.00 bits per heavy atom. The summed E-state index contributed by atoms with van der Waals surface area (Å²) in [5, 5.41) is 5.63. The Morgan fingerprint density at radius 3 is 2.26 bits per heavy atom. The zero-order valence-corrected chi connectivity index (χ0v) is 25.0. The Bertz CT molecular complexity index is 1390. The van der Waals surface area contributed by atoms with Gasteiger partial charge in [-0.05, 0) is 121 Å². The van der Waals surface area contributed by atoms with Crippen LogP contribution in [0.2, 0.25) is 0 Å². The number of carbonyl (C=O) groups is 1. The predicted molar refractivity (Wildman–Crippen MR) is 161 cm³/mol. The minimum absolute atomic E-state index is 0.0756. The van der Waals surface area contributed by atoms with Crippen LogP contribution in [0.25, 0.3) is 0 Å². The van der Waals surface area contributed by atoms with Crippen molar-refractivity contribution in [3.63, 3.8) is 0 Å². The molecule has 10 heteroatoms. The fraction of sp³-hybridized carbons (Fsp3) is 0.286. The Morgan fingerprint density at radius 2 is 1.66 bits per heavy atom. The van der Waals surface area contributed by atoms with Crippen LogP contribution < -0.4 is 20.1 Å². The van der Waals surface area contributed by atoms with Gasteiger partial charge in [-0.15, -0.1) is 0 Å². The highest BCUT2D eigenvalue weighted by Crippen LogP contribution is 2.28. The first kappa shape index (κ1) is 29.6. The Labute approximate surface area is 238 Å². The molecule has 0 saturated carbocycles. The summed E-state index contributed by atoms with van der Waals surface area (Å²) in [4.78, 5) is 12.8. The highest BCUT2D eigenvalue weighted by molar-refractivity contribution is 9.10. The second kappa shape index (κ2) is 13.2. The molecule has 1 amide bonds. The smallest absolute Gasteiger partial charge is 0.261 e. The molecular weight excluding hydrogens is 586 g/mol. The average molecular weight is 619 g/mol. The van der Waals surface area contributed by atoms with Gasteiger partial charge in [-0.3, -0.25) is 14.8 Å². The standard InChI is InChI=1S/C28H32BrN3O4S2/c1-5-6-7-20(4)36-26-13-8-21(17-25(26)29)27(33)31-28(37)30-22-9-11-24(12-10-22)38(34,35)32-23-15-18(2)14-19(3)16-23/h8-17,20,32H,5-7H2,1-4H3,(H2,30,31,33,37). The molecule has 0 saturated heterocycles. The van der Waals surface area contributed by atoms with E-state index in [1.165, 1.54) is 12.1 Å². The monoisotopic (exact) mass is 617 g/mol. The summed E-state index contributed by atoms with van der Waals surface area (Å²) >= 11 is 8.75. The van der Waals surface area contributed by atoms with Gasteiger partial charge in [0.1, 0.15) is 5.75 Å². The first-order valence-corrected chi connectivity index (χ1v) is 14.9. The third kappa shape index (κ3) is 8.54. The number of nitrogens with one attached hydrogen (secondary N) is 3. The minimum atomic E-state index is -3.76. The molecule has 0 radical (unpaired) electrons. The number of aryl methyl sites for hydroxylation is 2. The molecular formula is C28H32BrN3O4S2. The lowest BCUT2D eigenvalue weighted by atomic mass is 10.1. The predicted octanol–water partition coefficient (Wildman–Crippen LogP) is 6.95. The fourth-order valence-corrected chi connectivity index (χ4v) is 5.53. The first-order chi connectivity index (χ1) is 18.0. The van der Waals surface area contributed by atoms with Crippen LogP contribution in [-0.4, -0.2) is 25.5 Å². The molecule has 1 unspecified atom stereocenters. The fourth-order valence-electron chi connectivity index (χ4n) is 3.81. The summed E-state index contributed by atoms with van der Waals surface area (Å²) < 4.78 is 34.8. The van der Waals surface area contributed by atoms with E-state index in [4.69, 9.17) is 17.0 Å².